The van der Waals surface area contributed by atoms with Gasteiger partial charge >= 0.3 is 0 Å². The molecule has 0 spiro atoms. The van der Waals surface area contributed by atoms with Gasteiger partial charge in [0.25, 0.3) is 5.91 Å². The Kier molecular flexibility index (Phi) is 6.86. The molecule has 0 saturated heterocycles. The highest BCUT2D eigenvalue weighted by atomic mass is 19.1. The number of nitrogens with zero attached hydrogens (tertiary/aromatic N) is 1. The Morgan fingerprint density at radius 3 is 2.76 bits per heavy atom. The van der Waals surface area contributed by atoms with Crippen LogP contribution in [0.1, 0.15) is 29.3 Å². The molecule has 0 heterocycles. The zero-order valence-electron chi connectivity index (χ0n) is 12.7. The predicted octanol–water partition coefficient (Wildman–Crippen LogP) is 1.21. The Labute approximate surface area is 125 Å². The zero-order chi connectivity index (χ0) is 15.8. The number of carbonyl (C=O) groups is 1. The minimum Gasteiger partial charge on any atom is -0.350 e. The Morgan fingerprint density at radius 2 is 2.19 bits per heavy atom. The molecule has 0 aliphatic rings. The fourth-order valence-electron chi connectivity index (χ4n) is 1.74. The lowest BCUT2D eigenvalue weighted by Crippen LogP contribution is -2.34. The molecule has 1 aromatic rings. The van der Waals surface area contributed by atoms with E-state index < -0.39 is 5.82 Å². The molecule has 21 heavy (non-hydrogen) atoms. The highest BCUT2D eigenvalue weighted by Gasteiger charge is 2.12. The van der Waals surface area contributed by atoms with Gasteiger partial charge in [0.05, 0.1) is 12.1 Å². The van der Waals surface area contributed by atoms with Crippen molar-refractivity contribution in [1.82, 2.24) is 10.2 Å². The molecule has 5 heteroatoms. The molecule has 1 amide bonds. The highest BCUT2D eigenvalue weighted by Crippen LogP contribution is 2.10. The van der Waals surface area contributed by atoms with Gasteiger partial charge in [-0.05, 0) is 52.2 Å². The Balaban J connectivity index is 2.68. The Bertz CT molecular complexity index is 546. The Hall–Kier alpha value is -1.90. The molecule has 3 N–H and O–H groups in total. The van der Waals surface area contributed by atoms with Gasteiger partial charge in [-0.1, -0.05) is 11.8 Å². The zero-order valence-corrected chi connectivity index (χ0v) is 12.7. The van der Waals surface area contributed by atoms with E-state index in [9.17, 15) is 9.18 Å². The van der Waals surface area contributed by atoms with Crippen LogP contribution in [0.25, 0.3) is 0 Å². The second-order valence-corrected chi connectivity index (χ2v) is 5.17. The fourth-order valence-corrected chi connectivity index (χ4v) is 1.74. The molecule has 114 valence electrons. The average molecular weight is 291 g/mol. The van der Waals surface area contributed by atoms with Crippen molar-refractivity contribution in [1.29, 1.82) is 0 Å². The van der Waals surface area contributed by atoms with E-state index in [1.54, 1.807) is 6.07 Å². The van der Waals surface area contributed by atoms with Crippen LogP contribution < -0.4 is 11.1 Å². The maximum Gasteiger partial charge on any atom is 0.251 e. The van der Waals surface area contributed by atoms with Crippen molar-refractivity contribution in [2.24, 2.45) is 5.73 Å². The van der Waals surface area contributed by atoms with Gasteiger partial charge in [-0.2, -0.15) is 0 Å². The third-order valence-corrected chi connectivity index (χ3v) is 2.94. The lowest BCUT2D eigenvalue weighted by atomic mass is 10.1. The van der Waals surface area contributed by atoms with Gasteiger partial charge in [-0.15, -0.1) is 0 Å². The normalized spacial score (nSPS) is 11.7. The number of rotatable bonds is 5. The van der Waals surface area contributed by atoms with Crippen molar-refractivity contribution in [3.8, 4) is 11.8 Å². The maximum atomic E-state index is 13.8. The largest absolute Gasteiger partial charge is 0.350 e. The van der Waals surface area contributed by atoms with E-state index in [0.717, 1.165) is 13.0 Å². The van der Waals surface area contributed by atoms with Gasteiger partial charge < -0.3 is 16.0 Å². The maximum absolute atomic E-state index is 13.8. The number of benzene rings is 1. The summed E-state index contributed by atoms with van der Waals surface area (Å²) < 4.78 is 13.8. The monoisotopic (exact) mass is 291 g/mol. The van der Waals surface area contributed by atoms with E-state index in [0.29, 0.717) is 5.56 Å². The average Bonchev–Trinajstić information content (AvgIpc) is 2.43. The SMILES string of the molecule is CC(CCN(C)C)NC(=O)c1ccc(C#CCN)c(F)c1. The number of nitrogens with one attached hydrogen (secondary N) is 1. The second-order valence-electron chi connectivity index (χ2n) is 5.17. The number of hydrogen-bond acceptors (Lipinski definition) is 3. The lowest BCUT2D eigenvalue weighted by molar-refractivity contribution is 0.0936. The van der Waals surface area contributed by atoms with Crippen LogP contribution in [-0.2, 0) is 0 Å². The first-order chi connectivity index (χ1) is 9.93. The quantitative estimate of drug-likeness (QED) is 0.802. The summed E-state index contributed by atoms with van der Waals surface area (Å²) in [6, 6.07) is 4.29. The summed E-state index contributed by atoms with van der Waals surface area (Å²) >= 11 is 0. The third kappa shape index (κ3) is 5.94. The fraction of sp³-hybridized carbons (Fsp3) is 0.438. The van der Waals surface area contributed by atoms with E-state index in [4.69, 9.17) is 5.73 Å². The van der Waals surface area contributed by atoms with Crippen LogP contribution in [-0.4, -0.2) is 44.0 Å². The van der Waals surface area contributed by atoms with Crippen LogP contribution in [0.5, 0.6) is 0 Å². The van der Waals surface area contributed by atoms with E-state index in [1.165, 1.54) is 12.1 Å². The van der Waals surface area contributed by atoms with Crippen molar-refractivity contribution < 1.29 is 9.18 Å². The van der Waals surface area contributed by atoms with Crippen LogP contribution >= 0.6 is 0 Å². The molecule has 1 atom stereocenters. The van der Waals surface area contributed by atoms with Gasteiger partial charge in [0.1, 0.15) is 5.82 Å². The summed E-state index contributed by atoms with van der Waals surface area (Å²) in [7, 11) is 3.95. The molecule has 4 nitrogen and oxygen atoms in total. The van der Waals surface area contributed by atoms with E-state index in [2.05, 4.69) is 17.2 Å². The van der Waals surface area contributed by atoms with Gasteiger partial charge in [0, 0.05) is 11.6 Å². The molecule has 0 aliphatic carbocycles. The summed E-state index contributed by atoms with van der Waals surface area (Å²) in [6.45, 7) is 2.98. The van der Waals surface area contributed by atoms with Crippen LogP contribution in [0.2, 0.25) is 0 Å². The molecule has 1 unspecified atom stereocenters. The summed E-state index contributed by atoms with van der Waals surface area (Å²) in [6.07, 6.45) is 0.835. The van der Waals surface area contributed by atoms with Crippen LogP contribution in [0, 0.1) is 17.7 Å². The highest BCUT2D eigenvalue weighted by molar-refractivity contribution is 5.94. The lowest BCUT2D eigenvalue weighted by Gasteiger charge is -2.16. The summed E-state index contributed by atoms with van der Waals surface area (Å²) in [5.41, 5.74) is 5.79. The first kappa shape index (κ1) is 17.2. The number of nitrogens with two attached hydrogens (primary N) is 1. The molecule has 0 bridgehead atoms. The van der Waals surface area contributed by atoms with E-state index >= 15 is 0 Å². The van der Waals surface area contributed by atoms with E-state index in [1.807, 2.05) is 25.9 Å². The van der Waals surface area contributed by atoms with Crippen LogP contribution in [0.3, 0.4) is 0 Å². The summed E-state index contributed by atoms with van der Waals surface area (Å²) in [4.78, 5) is 14.1. The molecular formula is C16H22FN3O. The van der Waals surface area contributed by atoms with Crippen molar-refractivity contribution in [2.75, 3.05) is 27.2 Å². The molecule has 0 aliphatic heterocycles. The minimum atomic E-state index is -0.510. The van der Waals surface area contributed by atoms with Crippen molar-refractivity contribution >= 4 is 5.91 Å². The molecule has 0 aromatic heterocycles. The number of amides is 1. The van der Waals surface area contributed by atoms with Crippen molar-refractivity contribution in [3.05, 3.63) is 35.1 Å². The molecule has 1 rings (SSSR count). The van der Waals surface area contributed by atoms with Gasteiger partial charge in [-0.3, -0.25) is 4.79 Å². The first-order valence-electron chi connectivity index (χ1n) is 6.88. The van der Waals surface area contributed by atoms with E-state index in [-0.39, 0.29) is 24.1 Å². The summed E-state index contributed by atoms with van der Waals surface area (Å²) in [5, 5.41) is 2.85. The predicted molar refractivity (Wildman–Crippen MR) is 82.4 cm³/mol. The minimum absolute atomic E-state index is 0.0275. The number of carbonyl (C=O) groups excluding carboxylic acids is 1. The topological polar surface area (TPSA) is 58.4 Å². The number of halogens is 1. The van der Waals surface area contributed by atoms with Crippen LogP contribution in [0.15, 0.2) is 18.2 Å². The first-order valence-corrected chi connectivity index (χ1v) is 6.88. The molecule has 0 radical (unpaired) electrons. The van der Waals surface area contributed by atoms with Crippen molar-refractivity contribution in [2.45, 2.75) is 19.4 Å². The summed E-state index contributed by atoms with van der Waals surface area (Å²) in [5.74, 6) is 4.42. The molecule has 0 fully saturated rings. The van der Waals surface area contributed by atoms with Gasteiger partial charge in [0.2, 0.25) is 0 Å². The van der Waals surface area contributed by atoms with Crippen LogP contribution in [0.4, 0.5) is 4.39 Å². The standard InChI is InChI=1S/C16H22FN3O/c1-12(8-10-20(2)3)19-16(21)14-7-6-13(5-4-9-18)15(17)11-14/h6-7,11-12H,8-10,18H2,1-3H3,(H,19,21). The smallest absolute Gasteiger partial charge is 0.251 e. The molecular weight excluding hydrogens is 269 g/mol. The van der Waals surface area contributed by atoms with Crippen molar-refractivity contribution in [3.63, 3.8) is 0 Å². The third-order valence-electron chi connectivity index (χ3n) is 2.94. The van der Waals surface area contributed by atoms with Gasteiger partial charge in [-0.25, -0.2) is 4.39 Å². The second kappa shape index (κ2) is 8.40. The molecule has 0 saturated carbocycles. The Morgan fingerprint density at radius 1 is 1.48 bits per heavy atom. The van der Waals surface area contributed by atoms with Gasteiger partial charge in [0.15, 0.2) is 0 Å². The molecule has 1 aromatic carbocycles. The number of hydrogen-bond donors (Lipinski definition) is 2.